The van der Waals surface area contributed by atoms with Crippen LogP contribution in [0, 0.1) is 0 Å². The van der Waals surface area contributed by atoms with Crippen LogP contribution in [0.2, 0.25) is 5.02 Å². The molecule has 0 aliphatic carbocycles. The van der Waals surface area contributed by atoms with E-state index in [1.54, 1.807) is 0 Å². The maximum absolute atomic E-state index is 6.14. The Balaban J connectivity index is 1.88. The smallest absolute Gasteiger partial charge is 0.0498 e. The Bertz CT molecular complexity index is 597. The highest BCUT2D eigenvalue weighted by molar-refractivity contribution is 6.31. The monoisotopic (exact) mass is 291 g/mol. The number of rotatable bonds is 3. The van der Waals surface area contributed by atoms with E-state index in [0.717, 1.165) is 44.3 Å². The summed E-state index contributed by atoms with van der Waals surface area (Å²) < 4.78 is 2.30. The van der Waals surface area contributed by atoms with Gasteiger partial charge in [-0.25, -0.2) is 0 Å². The number of hydrogen-bond donors (Lipinski definition) is 0. The summed E-state index contributed by atoms with van der Waals surface area (Å²) in [5, 5.41) is 2.16. The molecule has 0 amide bonds. The highest BCUT2D eigenvalue weighted by atomic mass is 35.5. The first-order valence-corrected chi connectivity index (χ1v) is 7.73. The molecule has 108 valence electrons. The van der Waals surface area contributed by atoms with Crippen molar-refractivity contribution < 1.29 is 0 Å². The molecular weight excluding hydrogens is 270 g/mol. The molecule has 0 N–H and O–H groups in total. The number of fused-ring (bicyclic) bond motifs is 1. The normalized spacial score (nSPS) is 17.9. The van der Waals surface area contributed by atoms with Crippen molar-refractivity contribution in [3.8, 4) is 0 Å². The van der Waals surface area contributed by atoms with Crippen molar-refractivity contribution in [3.05, 3.63) is 35.0 Å². The molecule has 1 aliphatic rings. The Morgan fingerprint density at radius 3 is 2.60 bits per heavy atom. The molecule has 1 saturated heterocycles. The third kappa shape index (κ3) is 2.71. The molecule has 0 bridgehead atoms. The zero-order chi connectivity index (χ0) is 14.1. The molecule has 4 heteroatoms. The molecule has 1 aromatic heterocycles. The molecule has 2 heterocycles. The number of benzene rings is 1. The van der Waals surface area contributed by atoms with E-state index < -0.39 is 0 Å². The predicted molar refractivity (Wildman–Crippen MR) is 85.4 cm³/mol. The number of nitrogens with zero attached hydrogens (tertiary/aromatic N) is 3. The van der Waals surface area contributed by atoms with Crippen LogP contribution < -0.4 is 0 Å². The largest absolute Gasteiger partial charge is 0.347 e. The number of aromatic nitrogens is 1. The van der Waals surface area contributed by atoms with Crippen LogP contribution >= 0.6 is 11.6 Å². The third-order valence-corrected chi connectivity index (χ3v) is 4.49. The number of aryl methyl sites for hydroxylation is 1. The van der Waals surface area contributed by atoms with Gasteiger partial charge in [0.25, 0.3) is 0 Å². The summed E-state index contributed by atoms with van der Waals surface area (Å²) in [6, 6.07) is 6.24. The van der Waals surface area contributed by atoms with Crippen LogP contribution in [0.4, 0.5) is 0 Å². The fourth-order valence-electron chi connectivity index (χ4n) is 2.98. The minimum absolute atomic E-state index is 0.816. The van der Waals surface area contributed by atoms with Gasteiger partial charge in [0.2, 0.25) is 0 Å². The van der Waals surface area contributed by atoms with Gasteiger partial charge < -0.3 is 9.47 Å². The summed E-state index contributed by atoms with van der Waals surface area (Å²) in [5.74, 6) is 0. The molecule has 1 fully saturated rings. The molecule has 0 radical (unpaired) electrons. The molecule has 20 heavy (non-hydrogen) atoms. The lowest BCUT2D eigenvalue weighted by atomic mass is 10.1. The summed E-state index contributed by atoms with van der Waals surface area (Å²) in [7, 11) is 2.20. The molecule has 3 nitrogen and oxygen atoms in total. The van der Waals surface area contributed by atoms with Gasteiger partial charge in [0.1, 0.15) is 0 Å². The van der Waals surface area contributed by atoms with E-state index >= 15 is 0 Å². The van der Waals surface area contributed by atoms with E-state index in [9.17, 15) is 0 Å². The van der Waals surface area contributed by atoms with Crippen LogP contribution in [-0.4, -0.2) is 47.6 Å². The van der Waals surface area contributed by atoms with Gasteiger partial charge in [0, 0.05) is 61.4 Å². The van der Waals surface area contributed by atoms with Gasteiger partial charge in [0.05, 0.1) is 0 Å². The van der Waals surface area contributed by atoms with Crippen LogP contribution in [0.3, 0.4) is 0 Å². The summed E-state index contributed by atoms with van der Waals surface area (Å²) in [5.41, 5.74) is 2.67. The van der Waals surface area contributed by atoms with E-state index in [-0.39, 0.29) is 0 Å². The van der Waals surface area contributed by atoms with Gasteiger partial charge in [0.15, 0.2) is 0 Å². The zero-order valence-corrected chi connectivity index (χ0v) is 13.0. The van der Waals surface area contributed by atoms with E-state index in [1.807, 2.05) is 6.07 Å². The average Bonchev–Trinajstić information content (AvgIpc) is 2.78. The van der Waals surface area contributed by atoms with Crippen molar-refractivity contribution in [2.75, 3.05) is 33.2 Å². The lowest BCUT2D eigenvalue weighted by molar-refractivity contribution is 0.148. The first-order chi connectivity index (χ1) is 9.67. The van der Waals surface area contributed by atoms with Gasteiger partial charge >= 0.3 is 0 Å². The quantitative estimate of drug-likeness (QED) is 0.861. The Labute approximate surface area is 125 Å². The average molecular weight is 292 g/mol. The minimum atomic E-state index is 0.816. The van der Waals surface area contributed by atoms with Gasteiger partial charge in [-0.15, -0.1) is 0 Å². The van der Waals surface area contributed by atoms with Gasteiger partial charge in [-0.1, -0.05) is 17.7 Å². The molecule has 1 aliphatic heterocycles. The first-order valence-electron chi connectivity index (χ1n) is 7.35. The first kappa shape index (κ1) is 13.9. The lowest BCUT2D eigenvalue weighted by Gasteiger charge is -2.32. The third-order valence-electron chi connectivity index (χ3n) is 4.26. The second kappa shape index (κ2) is 5.76. The molecule has 0 atom stereocenters. The Hall–Kier alpha value is -1.03. The van der Waals surface area contributed by atoms with Crippen molar-refractivity contribution in [2.45, 2.75) is 20.0 Å². The maximum atomic E-state index is 6.14. The number of likely N-dealkylation sites (N-methyl/N-ethyl adjacent to an activating group) is 1. The lowest BCUT2D eigenvalue weighted by Crippen LogP contribution is -2.43. The van der Waals surface area contributed by atoms with Crippen molar-refractivity contribution in [2.24, 2.45) is 0 Å². The molecule has 0 spiro atoms. The summed E-state index contributed by atoms with van der Waals surface area (Å²) in [6.07, 6.45) is 2.29. The number of piperazine rings is 1. The fraction of sp³-hybridized carbons (Fsp3) is 0.500. The minimum Gasteiger partial charge on any atom is -0.347 e. The summed E-state index contributed by atoms with van der Waals surface area (Å²) >= 11 is 6.14. The highest BCUT2D eigenvalue weighted by Gasteiger charge is 2.16. The van der Waals surface area contributed by atoms with Crippen LogP contribution in [-0.2, 0) is 13.1 Å². The second-order valence-corrected chi connectivity index (χ2v) is 6.12. The van der Waals surface area contributed by atoms with Crippen molar-refractivity contribution in [1.82, 2.24) is 14.4 Å². The van der Waals surface area contributed by atoms with Crippen molar-refractivity contribution in [1.29, 1.82) is 0 Å². The van der Waals surface area contributed by atoms with Gasteiger partial charge in [-0.05, 0) is 31.7 Å². The maximum Gasteiger partial charge on any atom is 0.0498 e. The topological polar surface area (TPSA) is 11.4 Å². The van der Waals surface area contributed by atoms with Gasteiger partial charge in [-0.2, -0.15) is 0 Å². The number of hydrogen-bond acceptors (Lipinski definition) is 2. The second-order valence-electron chi connectivity index (χ2n) is 5.68. The summed E-state index contributed by atoms with van der Waals surface area (Å²) in [6.45, 7) is 8.85. The van der Waals surface area contributed by atoms with Crippen molar-refractivity contribution in [3.63, 3.8) is 0 Å². The Morgan fingerprint density at radius 1 is 1.15 bits per heavy atom. The Morgan fingerprint density at radius 2 is 1.90 bits per heavy atom. The zero-order valence-electron chi connectivity index (χ0n) is 12.3. The van der Waals surface area contributed by atoms with Crippen molar-refractivity contribution >= 4 is 22.5 Å². The van der Waals surface area contributed by atoms with Crippen LogP contribution in [0.25, 0.3) is 10.9 Å². The Kier molecular flexibility index (Phi) is 4.01. The van der Waals surface area contributed by atoms with Crippen LogP contribution in [0.15, 0.2) is 24.4 Å². The van der Waals surface area contributed by atoms with E-state index in [1.165, 1.54) is 16.5 Å². The fourth-order valence-corrected chi connectivity index (χ4v) is 3.14. The van der Waals surface area contributed by atoms with E-state index in [4.69, 9.17) is 11.6 Å². The van der Waals surface area contributed by atoms with E-state index in [0.29, 0.717) is 0 Å². The molecule has 2 aromatic rings. The van der Waals surface area contributed by atoms with Gasteiger partial charge in [-0.3, -0.25) is 4.90 Å². The molecule has 1 aromatic carbocycles. The standard InChI is InChI=1S/C16H22ClN3/c1-3-20-12-13(11-19-8-6-18(2)7-9-19)15-5-4-14(17)10-16(15)20/h4-5,10,12H,3,6-9,11H2,1-2H3. The van der Waals surface area contributed by atoms with E-state index in [2.05, 4.69) is 46.7 Å². The van der Waals surface area contributed by atoms with Crippen LogP contribution in [0.5, 0.6) is 0 Å². The molecule has 0 saturated carbocycles. The predicted octanol–water partition coefficient (Wildman–Crippen LogP) is 3.06. The summed E-state index contributed by atoms with van der Waals surface area (Å²) in [4.78, 5) is 4.94. The molecule has 0 unspecified atom stereocenters. The molecular formula is C16H22ClN3. The highest BCUT2D eigenvalue weighted by Crippen LogP contribution is 2.26. The SMILES string of the molecule is CCn1cc(CN2CCN(C)CC2)c2ccc(Cl)cc21. The molecule has 3 rings (SSSR count). The number of halogens is 1. The van der Waals surface area contributed by atoms with Crippen LogP contribution in [0.1, 0.15) is 12.5 Å².